The number of hydrogen-bond acceptors (Lipinski definition) is 4. The van der Waals surface area contributed by atoms with Gasteiger partial charge in [0.05, 0.1) is 27.7 Å². The number of hydrogen-bond donors (Lipinski definition) is 4. The van der Waals surface area contributed by atoms with E-state index in [-0.39, 0.29) is 23.6 Å². The van der Waals surface area contributed by atoms with E-state index in [2.05, 4.69) is 32.3 Å². The van der Waals surface area contributed by atoms with E-state index >= 15 is 0 Å². The molecule has 8 rings (SSSR count). The van der Waals surface area contributed by atoms with Crippen molar-refractivity contribution < 1.29 is 14.7 Å². The molecule has 6 aromatic rings. The molecule has 2 aliphatic heterocycles. The van der Waals surface area contributed by atoms with Crippen molar-refractivity contribution in [3.8, 4) is 5.75 Å². The highest BCUT2D eigenvalue weighted by atomic mass is 16.3. The summed E-state index contributed by atoms with van der Waals surface area (Å²) in [5.74, 6) is -0.420. The quantitative estimate of drug-likeness (QED) is 0.266. The highest BCUT2D eigenvalue weighted by molar-refractivity contribution is 6.39. The Labute approximate surface area is 210 Å². The topological polar surface area (TPSA) is 99.2 Å². The van der Waals surface area contributed by atoms with Crippen LogP contribution in [0.4, 0.5) is 0 Å². The van der Waals surface area contributed by atoms with Gasteiger partial charge in [-0.15, -0.1) is 0 Å². The van der Waals surface area contributed by atoms with Crippen molar-refractivity contribution in [3.05, 3.63) is 89.0 Å². The van der Waals surface area contributed by atoms with Crippen molar-refractivity contribution in [2.45, 2.75) is 25.6 Å². The number of rotatable bonds is 2. The van der Waals surface area contributed by atoms with E-state index in [1.807, 2.05) is 42.5 Å². The Morgan fingerprint density at radius 1 is 0.838 bits per heavy atom. The number of nitrogens with one attached hydrogen (secondary N) is 3. The van der Waals surface area contributed by atoms with Crippen LogP contribution in [0.15, 0.2) is 66.7 Å². The maximum atomic E-state index is 13.3. The number of nitrogens with zero attached hydrogens (tertiary/aromatic N) is 1. The van der Waals surface area contributed by atoms with Gasteiger partial charge in [0.1, 0.15) is 5.75 Å². The second kappa shape index (κ2) is 7.21. The van der Waals surface area contributed by atoms with Gasteiger partial charge in [-0.3, -0.25) is 14.9 Å². The van der Waals surface area contributed by atoms with Gasteiger partial charge in [-0.05, 0) is 35.7 Å². The molecule has 4 heterocycles. The second-order valence-electron chi connectivity index (χ2n) is 10.0. The van der Waals surface area contributed by atoms with E-state index in [0.717, 1.165) is 61.2 Å². The van der Waals surface area contributed by atoms with E-state index in [1.165, 1.54) is 0 Å². The maximum Gasteiger partial charge on any atom is 0.259 e. The Kier molecular flexibility index (Phi) is 4.01. The Hall–Kier alpha value is -4.62. The zero-order valence-corrected chi connectivity index (χ0v) is 19.8. The molecule has 0 spiro atoms. The third kappa shape index (κ3) is 2.74. The van der Waals surface area contributed by atoms with Crippen LogP contribution in [-0.4, -0.2) is 32.5 Å². The van der Waals surface area contributed by atoms with Crippen molar-refractivity contribution >= 4 is 55.4 Å². The summed E-state index contributed by atoms with van der Waals surface area (Å²) in [6, 6.07) is 21.6. The number of fused-ring (bicyclic) bond motifs is 10. The van der Waals surface area contributed by atoms with Crippen LogP contribution in [0.25, 0.3) is 43.6 Å². The minimum atomic E-state index is -0.340. The highest BCUT2D eigenvalue weighted by Gasteiger charge is 2.36. The molecule has 0 unspecified atom stereocenters. The van der Waals surface area contributed by atoms with E-state index in [1.54, 1.807) is 12.1 Å². The van der Waals surface area contributed by atoms with Gasteiger partial charge in [-0.2, -0.15) is 0 Å². The van der Waals surface area contributed by atoms with Crippen LogP contribution in [0.3, 0.4) is 0 Å². The summed E-state index contributed by atoms with van der Waals surface area (Å²) in [5, 5.41) is 19.6. The highest BCUT2D eigenvalue weighted by Crippen LogP contribution is 2.44. The number of aromatic amines is 1. The molecule has 0 radical (unpaired) electrons. The normalized spacial score (nSPS) is 17.1. The molecule has 0 bridgehead atoms. The molecular formula is C30H22N4O3. The molecular weight excluding hydrogens is 464 g/mol. The third-order valence-electron chi connectivity index (χ3n) is 7.94. The van der Waals surface area contributed by atoms with Gasteiger partial charge in [-0.25, -0.2) is 0 Å². The molecule has 7 nitrogen and oxygen atoms in total. The fourth-order valence-electron chi connectivity index (χ4n) is 6.43. The summed E-state index contributed by atoms with van der Waals surface area (Å²) in [6.07, 6.45) is 0.787. The molecule has 2 aromatic heterocycles. The van der Waals surface area contributed by atoms with Crippen LogP contribution >= 0.6 is 0 Å². The molecule has 4 N–H and O–H groups in total. The predicted molar refractivity (Wildman–Crippen MR) is 143 cm³/mol. The summed E-state index contributed by atoms with van der Waals surface area (Å²) < 4.78 is 2.33. The lowest BCUT2D eigenvalue weighted by atomic mass is 9.96. The third-order valence-corrected chi connectivity index (χ3v) is 7.94. The number of carbonyl (C=O) groups is 2. The molecule has 7 heteroatoms. The Morgan fingerprint density at radius 2 is 1.59 bits per heavy atom. The minimum Gasteiger partial charge on any atom is -0.508 e. The van der Waals surface area contributed by atoms with Gasteiger partial charge in [0.2, 0.25) is 0 Å². The number of amides is 2. The molecule has 180 valence electrons. The van der Waals surface area contributed by atoms with Crippen molar-refractivity contribution in [1.29, 1.82) is 0 Å². The van der Waals surface area contributed by atoms with E-state index in [4.69, 9.17) is 0 Å². The largest absolute Gasteiger partial charge is 0.508 e. The molecule has 37 heavy (non-hydrogen) atoms. The zero-order chi connectivity index (χ0) is 24.8. The van der Waals surface area contributed by atoms with Gasteiger partial charge >= 0.3 is 0 Å². The summed E-state index contributed by atoms with van der Waals surface area (Å²) in [4.78, 5) is 30.0. The molecule has 0 saturated carbocycles. The zero-order valence-electron chi connectivity index (χ0n) is 19.8. The van der Waals surface area contributed by atoms with Crippen LogP contribution in [0, 0.1) is 0 Å². The monoisotopic (exact) mass is 486 g/mol. The van der Waals surface area contributed by atoms with Crippen molar-refractivity contribution in [1.82, 2.24) is 20.2 Å². The first-order valence-electron chi connectivity index (χ1n) is 12.5. The number of H-pyrrole nitrogens is 1. The smallest absolute Gasteiger partial charge is 0.259 e. The Morgan fingerprint density at radius 3 is 2.43 bits per heavy atom. The summed E-state index contributed by atoms with van der Waals surface area (Å²) in [5.41, 5.74) is 7.10. The summed E-state index contributed by atoms with van der Waals surface area (Å²) >= 11 is 0. The van der Waals surface area contributed by atoms with Crippen LogP contribution in [0.2, 0.25) is 0 Å². The molecule has 0 fully saturated rings. The van der Waals surface area contributed by atoms with Crippen molar-refractivity contribution in [2.24, 2.45) is 0 Å². The van der Waals surface area contributed by atoms with Crippen LogP contribution in [0.5, 0.6) is 5.75 Å². The lowest BCUT2D eigenvalue weighted by Crippen LogP contribution is -2.33. The van der Waals surface area contributed by atoms with E-state index < -0.39 is 0 Å². The molecule has 4 aromatic carbocycles. The molecule has 0 saturated heterocycles. The van der Waals surface area contributed by atoms with Gasteiger partial charge < -0.3 is 20.0 Å². The van der Waals surface area contributed by atoms with Crippen LogP contribution in [-0.2, 0) is 19.5 Å². The minimum absolute atomic E-state index is 0.124. The molecule has 2 amide bonds. The number of carbonyl (C=O) groups excluding carboxylic acids is 2. The van der Waals surface area contributed by atoms with Gasteiger partial charge in [-0.1, -0.05) is 48.5 Å². The fraction of sp³-hybridized carbons (Fsp3) is 0.133. The van der Waals surface area contributed by atoms with E-state index in [9.17, 15) is 14.7 Å². The van der Waals surface area contributed by atoms with Crippen molar-refractivity contribution in [2.75, 3.05) is 0 Å². The fourth-order valence-corrected chi connectivity index (χ4v) is 6.43. The van der Waals surface area contributed by atoms with Gasteiger partial charge in [0.15, 0.2) is 0 Å². The SMILES string of the molecule is O=C1NC(=O)c2c1c1c3ccccc3[nH]c1c1c2c2cccc3c2n1C[C@H](Cc1ccc(O)cc1)NC3. The van der Waals surface area contributed by atoms with Crippen LogP contribution < -0.4 is 10.6 Å². The number of aromatic nitrogens is 2. The first-order chi connectivity index (χ1) is 18.1. The van der Waals surface area contributed by atoms with E-state index in [0.29, 0.717) is 24.2 Å². The number of para-hydroxylation sites is 2. The number of imide groups is 1. The molecule has 1 atom stereocenters. The number of benzene rings is 4. The van der Waals surface area contributed by atoms with Crippen LogP contribution in [0.1, 0.15) is 31.8 Å². The second-order valence-corrected chi connectivity index (χ2v) is 10.0. The Bertz CT molecular complexity index is 1960. The average molecular weight is 487 g/mol. The lowest BCUT2D eigenvalue weighted by Gasteiger charge is -2.18. The Balaban J connectivity index is 1.48. The lowest BCUT2D eigenvalue weighted by molar-refractivity contribution is 0.0880. The number of phenolic OH excluding ortho intramolecular Hbond substituents is 1. The maximum absolute atomic E-state index is 13.3. The van der Waals surface area contributed by atoms with Gasteiger partial charge in [0, 0.05) is 46.2 Å². The summed E-state index contributed by atoms with van der Waals surface area (Å²) in [7, 11) is 0. The van der Waals surface area contributed by atoms with Crippen molar-refractivity contribution in [3.63, 3.8) is 0 Å². The predicted octanol–water partition coefficient (Wildman–Crippen LogP) is 4.73. The number of phenols is 1. The molecule has 0 aliphatic carbocycles. The average Bonchev–Trinajstić information content (AvgIpc) is 3.48. The first-order valence-corrected chi connectivity index (χ1v) is 12.5. The first kappa shape index (κ1) is 20.6. The summed E-state index contributed by atoms with van der Waals surface area (Å²) in [6.45, 7) is 1.39. The van der Waals surface area contributed by atoms with Gasteiger partial charge in [0.25, 0.3) is 11.8 Å². The standard InChI is InChI=1S/C30H22N4O3/c35-18-10-8-15(9-11-18)12-17-14-34-27-16(13-31-17)4-3-6-20(27)23-25-24(29(36)33-30(25)37)22-19-5-1-2-7-21(19)32-26(22)28(23)34/h1-11,17,31-32,35H,12-14H2,(H,33,36,37)/t17-/m0/s1. The molecule has 2 aliphatic rings. The number of aromatic hydroxyl groups is 1.